The molecule has 2 rings (SSSR count). The Kier molecular flexibility index (Phi) is 5.63. The summed E-state index contributed by atoms with van der Waals surface area (Å²) >= 11 is 0. The van der Waals surface area contributed by atoms with Crippen molar-refractivity contribution in [2.75, 3.05) is 0 Å². The molecule has 0 spiro atoms. The largest absolute Gasteiger partial charge is 0.449 e. The molecule has 0 radical (unpaired) electrons. The highest BCUT2D eigenvalue weighted by Crippen LogP contribution is 2.11. The number of halogens is 2. The van der Waals surface area contributed by atoms with E-state index in [4.69, 9.17) is 4.74 Å². The predicted molar refractivity (Wildman–Crippen MR) is 84.3 cm³/mol. The number of ether oxygens (including phenoxy) is 1. The topological polar surface area (TPSA) is 55.4 Å². The van der Waals surface area contributed by atoms with Gasteiger partial charge < -0.3 is 10.1 Å². The van der Waals surface area contributed by atoms with Crippen LogP contribution in [0.5, 0.6) is 0 Å². The maximum absolute atomic E-state index is 13.5. The highest BCUT2D eigenvalue weighted by molar-refractivity contribution is 5.92. The summed E-state index contributed by atoms with van der Waals surface area (Å²) in [5.74, 6) is -2.16. The highest BCUT2D eigenvalue weighted by atomic mass is 19.1. The number of esters is 1. The summed E-state index contributed by atoms with van der Waals surface area (Å²) in [4.78, 5) is 23.9. The molecular formula is C18H17F2NO3. The van der Waals surface area contributed by atoms with Crippen LogP contribution in [0.3, 0.4) is 0 Å². The van der Waals surface area contributed by atoms with E-state index in [-0.39, 0.29) is 17.9 Å². The van der Waals surface area contributed by atoms with Crippen molar-refractivity contribution >= 4 is 11.9 Å². The molecule has 2 aromatic rings. The van der Waals surface area contributed by atoms with Gasteiger partial charge >= 0.3 is 5.97 Å². The normalized spacial score (nSPS) is 11.7. The van der Waals surface area contributed by atoms with Crippen LogP contribution in [0.25, 0.3) is 0 Å². The molecule has 0 heterocycles. The number of benzene rings is 2. The van der Waals surface area contributed by atoms with E-state index in [0.29, 0.717) is 11.1 Å². The molecule has 0 aliphatic rings. The molecule has 1 atom stereocenters. The second kappa shape index (κ2) is 7.68. The van der Waals surface area contributed by atoms with Crippen LogP contribution in [0.2, 0.25) is 0 Å². The van der Waals surface area contributed by atoms with E-state index in [1.807, 2.05) is 0 Å². The predicted octanol–water partition coefficient (Wildman–Crippen LogP) is 3.13. The molecule has 126 valence electrons. The van der Waals surface area contributed by atoms with Crippen molar-refractivity contribution < 1.29 is 23.1 Å². The van der Waals surface area contributed by atoms with Gasteiger partial charge in [0.25, 0.3) is 5.91 Å². The van der Waals surface area contributed by atoms with Crippen molar-refractivity contribution in [3.63, 3.8) is 0 Å². The third kappa shape index (κ3) is 4.62. The lowest BCUT2D eigenvalue weighted by atomic mass is 10.1. The minimum Gasteiger partial charge on any atom is -0.449 e. The van der Waals surface area contributed by atoms with Crippen molar-refractivity contribution in [3.05, 3.63) is 70.8 Å². The van der Waals surface area contributed by atoms with Crippen molar-refractivity contribution in [2.45, 2.75) is 26.5 Å². The summed E-state index contributed by atoms with van der Waals surface area (Å²) in [7, 11) is 0. The van der Waals surface area contributed by atoms with Crippen LogP contribution < -0.4 is 5.32 Å². The molecule has 0 aliphatic carbocycles. The Morgan fingerprint density at radius 3 is 2.42 bits per heavy atom. The quantitative estimate of drug-likeness (QED) is 0.855. The summed E-state index contributed by atoms with van der Waals surface area (Å²) in [6, 6.07) is 9.63. The summed E-state index contributed by atoms with van der Waals surface area (Å²) in [6.07, 6.45) is -1.04. The van der Waals surface area contributed by atoms with E-state index >= 15 is 0 Å². The Bertz CT molecular complexity index is 744. The lowest BCUT2D eigenvalue weighted by Gasteiger charge is -2.14. The minimum atomic E-state index is -1.04. The third-order valence-corrected chi connectivity index (χ3v) is 3.44. The fourth-order valence-corrected chi connectivity index (χ4v) is 1.94. The number of hydrogen-bond acceptors (Lipinski definition) is 3. The first-order chi connectivity index (χ1) is 11.4. The van der Waals surface area contributed by atoms with Gasteiger partial charge in [0.2, 0.25) is 0 Å². The van der Waals surface area contributed by atoms with Crippen LogP contribution in [-0.4, -0.2) is 18.0 Å². The molecule has 2 aromatic carbocycles. The first kappa shape index (κ1) is 17.6. The second-order valence-electron chi connectivity index (χ2n) is 5.36. The van der Waals surface area contributed by atoms with Gasteiger partial charge in [0.15, 0.2) is 6.10 Å². The maximum Gasteiger partial charge on any atom is 0.339 e. The smallest absolute Gasteiger partial charge is 0.339 e. The van der Waals surface area contributed by atoms with Crippen molar-refractivity contribution in [1.29, 1.82) is 0 Å². The van der Waals surface area contributed by atoms with E-state index in [9.17, 15) is 18.4 Å². The Balaban J connectivity index is 1.89. The van der Waals surface area contributed by atoms with Gasteiger partial charge in [-0.2, -0.15) is 0 Å². The van der Waals surface area contributed by atoms with Crippen molar-refractivity contribution in [1.82, 2.24) is 5.32 Å². The summed E-state index contributed by atoms with van der Waals surface area (Å²) in [5, 5.41) is 2.58. The van der Waals surface area contributed by atoms with E-state index in [1.165, 1.54) is 31.2 Å². The van der Waals surface area contributed by atoms with Gasteiger partial charge in [-0.3, -0.25) is 4.79 Å². The van der Waals surface area contributed by atoms with Gasteiger partial charge in [0.1, 0.15) is 11.6 Å². The molecule has 1 amide bonds. The van der Waals surface area contributed by atoms with E-state index in [0.717, 1.165) is 6.07 Å². The SMILES string of the molecule is Cc1ccc(C(=O)O[C@@H](C)C(=O)NCc2ccc(F)cc2)cc1F. The maximum atomic E-state index is 13.5. The van der Waals surface area contributed by atoms with Crippen LogP contribution in [0.1, 0.15) is 28.4 Å². The van der Waals surface area contributed by atoms with Crippen LogP contribution >= 0.6 is 0 Å². The minimum absolute atomic E-state index is 0.0382. The average Bonchev–Trinajstić information content (AvgIpc) is 2.56. The van der Waals surface area contributed by atoms with Crippen LogP contribution in [0, 0.1) is 18.6 Å². The number of nitrogens with one attached hydrogen (secondary N) is 1. The fraction of sp³-hybridized carbons (Fsp3) is 0.222. The Hall–Kier alpha value is -2.76. The average molecular weight is 333 g/mol. The Morgan fingerprint density at radius 1 is 1.12 bits per heavy atom. The van der Waals surface area contributed by atoms with Gasteiger partial charge in [-0.05, 0) is 49.2 Å². The highest BCUT2D eigenvalue weighted by Gasteiger charge is 2.19. The molecule has 0 bridgehead atoms. The number of carbonyl (C=O) groups excluding carboxylic acids is 2. The van der Waals surface area contributed by atoms with E-state index < -0.39 is 23.8 Å². The molecule has 0 aromatic heterocycles. The Labute approximate surface area is 138 Å². The summed E-state index contributed by atoms with van der Waals surface area (Å²) in [5.41, 5.74) is 1.16. The molecule has 0 saturated carbocycles. The van der Waals surface area contributed by atoms with Gasteiger partial charge in [0.05, 0.1) is 5.56 Å². The lowest BCUT2D eigenvalue weighted by molar-refractivity contribution is -0.129. The van der Waals surface area contributed by atoms with Gasteiger partial charge in [0, 0.05) is 6.54 Å². The standard InChI is InChI=1S/C18H17F2NO3/c1-11-3-6-14(9-16(11)20)18(23)24-12(2)17(22)21-10-13-4-7-15(19)8-5-13/h3-9,12H,10H2,1-2H3,(H,21,22)/t12-/m0/s1. The summed E-state index contributed by atoms with van der Waals surface area (Å²) in [6.45, 7) is 3.18. The van der Waals surface area contributed by atoms with Crippen LogP contribution in [-0.2, 0) is 16.1 Å². The lowest BCUT2D eigenvalue weighted by Crippen LogP contribution is -2.35. The molecule has 0 fully saturated rings. The number of rotatable bonds is 5. The monoisotopic (exact) mass is 333 g/mol. The molecule has 1 N–H and O–H groups in total. The van der Waals surface area contributed by atoms with Crippen LogP contribution in [0.4, 0.5) is 8.78 Å². The number of hydrogen-bond donors (Lipinski definition) is 1. The molecule has 6 heteroatoms. The Morgan fingerprint density at radius 2 is 1.79 bits per heavy atom. The first-order valence-corrected chi connectivity index (χ1v) is 7.36. The molecule has 24 heavy (non-hydrogen) atoms. The van der Waals surface area contributed by atoms with Gasteiger partial charge in [-0.15, -0.1) is 0 Å². The zero-order valence-corrected chi connectivity index (χ0v) is 13.3. The zero-order valence-electron chi connectivity index (χ0n) is 13.3. The molecule has 4 nitrogen and oxygen atoms in total. The van der Waals surface area contributed by atoms with E-state index in [2.05, 4.69) is 5.32 Å². The zero-order chi connectivity index (χ0) is 17.7. The van der Waals surface area contributed by atoms with E-state index in [1.54, 1.807) is 19.1 Å². The number of carbonyl (C=O) groups is 2. The molecular weight excluding hydrogens is 316 g/mol. The first-order valence-electron chi connectivity index (χ1n) is 7.36. The number of amides is 1. The third-order valence-electron chi connectivity index (χ3n) is 3.44. The fourth-order valence-electron chi connectivity index (χ4n) is 1.94. The van der Waals surface area contributed by atoms with Crippen molar-refractivity contribution in [3.8, 4) is 0 Å². The van der Waals surface area contributed by atoms with Gasteiger partial charge in [-0.25, -0.2) is 13.6 Å². The van der Waals surface area contributed by atoms with Gasteiger partial charge in [-0.1, -0.05) is 18.2 Å². The molecule has 0 unspecified atom stereocenters. The molecule has 0 saturated heterocycles. The summed E-state index contributed by atoms with van der Waals surface area (Å²) < 4.78 is 31.3. The van der Waals surface area contributed by atoms with Crippen molar-refractivity contribution in [2.24, 2.45) is 0 Å². The van der Waals surface area contributed by atoms with Crippen LogP contribution in [0.15, 0.2) is 42.5 Å². The second-order valence-corrected chi connectivity index (χ2v) is 5.36. The molecule has 0 aliphatic heterocycles. The number of aryl methyl sites for hydroxylation is 1.